The highest BCUT2D eigenvalue weighted by Gasteiger charge is 2.40. The molecule has 1 aromatic carbocycles. The number of hydrogen-bond donors (Lipinski definition) is 0. The summed E-state index contributed by atoms with van der Waals surface area (Å²) in [6.07, 6.45) is 5.51. The molecule has 4 rings (SSSR count). The summed E-state index contributed by atoms with van der Waals surface area (Å²) in [4.78, 5) is 15.0. The van der Waals surface area contributed by atoms with Crippen LogP contribution < -0.4 is 0 Å². The van der Waals surface area contributed by atoms with Gasteiger partial charge in [0.15, 0.2) is 10.4 Å². The largest absolute Gasteiger partial charge is 0.444 e. The molecule has 114 valence electrons. The lowest BCUT2D eigenvalue weighted by atomic mass is 9.86. The Morgan fingerprint density at radius 1 is 1.14 bits per heavy atom. The van der Waals surface area contributed by atoms with Gasteiger partial charge in [0.25, 0.3) is 5.91 Å². The van der Waals surface area contributed by atoms with Crippen molar-refractivity contribution in [2.75, 3.05) is 0 Å². The van der Waals surface area contributed by atoms with Crippen LogP contribution in [0.25, 0.3) is 0 Å². The molecule has 0 spiro atoms. The fourth-order valence-corrected chi connectivity index (χ4v) is 3.79. The Hall–Kier alpha value is -1.55. The third-order valence-electron chi connectivity index (χ3n) is 4.63. The van der Waals surface area contributed by atoms with E-state index in [1.807, 2.05) is 0 Å². The number of fused-ring (bicyclic) bond motifs is 1. The topological polar surface area (TPSA) is 33.5 Å². The van der Waals surface area contributed by atoms with Crippen LogP contribution in [0.5, 0.6) is 0 Å². The fourth-order valence-electron chi connectivity index (χ4n) is 3.49. The Labute approximate surface area is 138 Å². The van der Waals surface area contributed by atoms with E-state index in [2.05, 4.69) is 45.1 Å². The van der Waals surface area contributed by atoms with Crippen molar-refractivity contribution < 1.29 is 9.21 Å². The summed E-state index contributed by atoms with van der Waals surface area (Å²) in [5, 5.41) is 0. The zero-order valence-corrected chi connectivity index (χ0v) is 13.9. The summed E-state index contributed by atoms with van der Waals surface area (Å²) in [5.41, 5.74) is 2.71. The zero-order chi connectivity index (χ0) is 15.1. The van der Waals surface area contributed by atoms with E-state index in [1.165, 1.54) is 11.1 Å². The Kier molecular flexibility index (Phi) is 3.57. The first-order chi connectivity index (χ1) is 10.7. The van der Waals surface area contributed by atoms with Crippen LogP contribution >= 0.6 is 15.9 Å². The highest BCUT2D eigenvalue weighted by Crippen LogP contribution is 2.41. The molecule has 0 radical (unpaired) electrons. The first kappa shape index (κ1) is 14.1. The number of furan rings is 1. The minimum Gasteiger partial charge on any atom is -0.444 e. The van der Waals surface area contributed by atoms with Crippen LogP contribution in [0.2, 0.25) is 0 Å². The standard InChI is InChI=1S/C18H18BrNO2/c19-17-11-10-16(22-17)18(21)20(13-8-9-13)15-7-3-5-12-4-1-2-6-14(12)15/h1-2,4,6,10-11,13,15H,3,5,7-9H2. The molecule has 22 heavy (non-hydrogen) atoms. The van der Waals surface area contributed by atoms with Gasteiger partial charge in [-0.3, -0.25) is 4.79 Å². The van der Waals surface area contributed by atoms with Crippen molar-refractivity contribution in [1.82, 2.24) is 4.90 Å². The number of carbonyl (C=O) groups excluding carboxylic acids is 1. The van der Waals surface area contributed by atoms with E-state index in [9.17, 15) is 4.79 Å². The molecule has 1 unspecified atom stereocenters. The smallest absolute Gasteiger partial charge is 0.290 e. The Morgan fingerprint density at radius 2 is 1.95 bits per heavy atom. The van der Waals surface area contributed by atoms with Gasteiger partial charge in [-0.15, -0.1) is 0 Å². The minimum absolute atomic E-state index is 0.0231. The van der Waals surface area contributed by atoms with Crippen LogP contribution in [-0.2, 0) is 6.42 Å². The summed E-state index contributed by atoms with van der Waals surface area (Å²) < 4.78 is 6.12. The molecule has 2 aliphatic rings. The number of rotatable bonds is 3. The summed E-state index contributed by atoms with van der Waals surface area (Å²) in [7, 11) is 0. The molecular weight excluding hydrogens is 342 g/mol. The van der Waals surface area contributed by atoms with Crippen LogP contribution in [0.15, 0.2) is 45.5 Å². The van der Waals surface area contributed by atoms with E-state index in [-0.39, 0.29) is 11.9 Å². The molecule has 2 aromatic rings. The van der Waals surface area contributed by atoms with Crippen LogP contribution in [0, 0.1) is 0 Å². The second-order valence-electron chi connectivity index (χ2n) is 6.15. The molecule has 2 aliphatic carbocycles. The maximum Gasteiger partial charge on any atom is 0.290 e. The molecule has 1 heterocycles. The number of halogens is 1. The van der Waals surface area contributed by atoms with Gasteiger partial charge in [0.05, 0.1) is 6.04 Å². The first-order valence-electron chi connectivity index (χ1n) is 7.90. The van der Waals surface area contributed by atoms with Gasteiger partial charge in [-0.1, -0.05) is 24.3 Å². The maximum atomic E-state index is 13.0. The molecule has 1 atom stereocenters. The summed E-state index contributed by atoms with van der Waals surface area (Å²) in [5.74, 6) is 0.455. The average Bonchev–Trinajstić information content (AvgIpc) is 3.28. The molecule has 0 saturated heterocycles. The second kappa shape index (κ2) is 5.58. The molecule has 1 amide bonds. The highest BCUT2D eigenvalue weighted by atomic mass is 79.9. The molecular formula is C18H18BrNO2. The van der Waals surface area contributed by atoms with Crippen molar-refractivity contribution in [2.24, 2.45) is 0 Å². The Balaban J connectivity index is 1.70. The maximum absolute atomic E-state index is 13.0. The fraction of sp³-hybridized carbons (Fsp3) is 0.389. The highest BCUT2D eigenvalue weighted by molar-refractivity contribution is 9.10. The summed E-state index contributed by atoms with van der Waals surface area (Å²) in [6, 6.07) is 12.6. The average molecular weight is 360 g/mol. The molecule has 1 aromatic heterocycles. The quantitative estimate of drug-likeness (QED) is 0.793. The molecule has 0 N–H and O–H groups in total. The van der Waals surface area contributed by atoms with Crippen molar-refractivity contribution in [3.05, 3.63) is 58.0 Å². The minimum atomic E-state index is 0.0231. The van der Waals surface area contributed by atoms with E-state index in [0.717, 1.165) is 32.1 Å². The van der Waals surface area contributed by atoms with Crippen molar-refractivity contribution in [1.29, 1.82) is 0 Å². The number of carbonyl (C=O) groups is 1. The monoisotopic (exact) mass is 359 g/mol. The number of aryl methyl sites for hydroxylation is 1. The van der Waals surface area contributed by atoms with Gasteiger partial charge >= 0.3 is 0 Å². The summed E-state index contributed by atoms with van der Waals surface area (Å²) in [6.45, 7) is 0. The van der Waals surface area contributed by atoms with Gasteiger partial charge in [0.2, 0.25) is 0 Å². The SMILES string of the molecule is O=C(c1ccc(Br)o1)N(C1CC1)C1CCCc2ccccc21. The normalized spacial score (nSPS) is 20.5. The molecule has 0 bridgehead atoms. The molecule has 3 nitrogen and oxygen atoms in total. The summed E-state index contributed by atoms with van der Waals surface area (Å²) >= 11 is 3.29. The zero-order valence-electron chi connectivity index (χ0n) is 12.3. The van der Waals surface area contributed by atoms with Gasteiger partial charge < -0.3 is 9.32 Å². The molecule has 1 saturated carbocycles. The van der Waals surface area contributed by atoms with E-state index >= 15 is 0 Å². The third-order valence-corrected chi connectivity index (χ3v) is 5.06. The van der Waals surface area contributed by atoms with Crippen molar-refractivity contribution in [3.63, 3.8) is 0 Å². The first-order valence-corrected chi connectivity index (χ1v) is 8.69. The van der Waals surface area contributed by atoms with Gasteiger partial charge in [0, 0.05) is 6.04 Å². The Bertz CT molecular complexity index is 705. The molecule has 4 heteroatoms. The molecule has 0 aliphatic heterocycles. The van der Waals surface area contributed by atoms with E-state index in [0.29, 0.717) is 16.5 Å². The Morgan fingerprint density at radius 3 is 2.68 bits per heavy atom. The lowest BCUT2D eigenvalue weighted by Gasteiger charge is -2.35. The van der Waals surface area contributed by atoms with Gasteiger partial charge in [-0.05, 0) is 71.3 Å². The van der Waals surface area contributed by atoms with Crippen molar-refractivity contribution >= 4 is 21.8 Å². The lowest BCUT2D eigenvalue weighted by Crippen LogP contribution is -2.38. The third kappa shape index (κ3) is 2.50. The second-order valence-corrected chi connectivity index (χ2v) is 6.94. The molecule has 1 fully saturated rings. The van der Waals surface area contributed by atoms with Crippen LogP contribution in [0.4, 0.5) is 0 Å². The lowest BCUT2D eigenvalue weighted by molar-refractivity contribution is 0.0603. The van der Waals surface area contributed by atoms with E-state index < -0.39 is 0 Å². The van der Waals surface area contributed by atoms with Gasteiger partial charge in [0.1, 0.15) is 0 Å². The van der Waals surface area contributed by atoms with Crippen LogP contribution in [-0.4, -0.2) is 16.8 Å². The van der Waals surface area contributed by atoms with E-state index in [1.54, 1.807) is 12.1 Å². The van der Waals surface area contributed by atoms with Crippen LogP contribution in [0.1, 0.15) is 53.4 Å². The van der Waals surface area contributed by atoms with Crippen molar-refractivity contribution in [3.8, 4) is 0 Å². The van der Waals surface area contributed by atoms with Crippen LogP contribution in [0.3, 0.4) is 0 Å². The van der Waals surface area contributed by atoms with Crippen molar-refractivity contribution in [2.45, 2.75) is 44.2 Å². The number of nitrogens with zero attached hydrogens (tertiary/aromatic N) is 1. The number of hydrogen-bond acceptors (Lipinski definition) is 2. The predicted octanol–water partition coefficient (Wildman–Crippen LogP) is 4.72. The van der Waals surface area contributed by atoms with Gasteiger partial charge in [-0.25, -0.2) is 0 Å². The number of amides is 1. The van der Waals surface area contributed by atoms with Gasteiger partial charge in [-0.2, -0.15) is 0 Å². The number of benzene rings is 1. The van der Waals surface area contributed by atoms with E-state index in [4.69, 9.17) is 4.42 Å². The predicted molar refractivity (Wildman–Crippen MR) is 87.7 cm³/mol.